The molecule has 3 atom stereocenters. The van der Waals surface area contributed by atoms with Gasteiger partial charge in [-0.25, -0.2) is 0 Å². The molecule has 1 aliphatic heterocycles. The van der Waals surface area contributed by atoms with Crippen molar-refractivity contribution >= 4 is 45.0 Å². The molecule has 0 radical (unpaired) electrons. The Hall–Kier alpha value is -1.30. The Morgan fingerprint density at radius 2 is 2.00 bits per heavy atom. The molecule has 2 aromatic carbocycles. The maximum atomic E-state index is 12.5. The lowest BCUT2D eigenvalue weighted by atomic mass is 9.98. The van der Waals surface area contributed by atoms with Crippen LogP contribution in [0.5, 0.6) is 5.75 Å². The van der Waals surface area contributed by atoms with Gasteiger partial charge in [-0.3, -0.25) is 4.79 Å². The second-order valence-electron chi connectivity index (χ2n) is 6.85. The Balaban J connectivity index is 0.00000182. The average molecular weight is 426 g/mol. The van der Waals surface area contributed by atoms with E-state index in [0.717, 1.165) is 41.2 Å². The summed E-state index contributed by atoms with van der Waals surface area (Å²) >= 11 is 3.60. The highest BCUT2D eigenvalue weighted by atomic mass is 79.9. The molecule has 1 aliphatic carbocycles. The third-order valence-electron chi connectivity index (χ3n) is 5.44. The fraction of sp³-hybridized carbons (Fsp3) is 0.421. The number of hydrogen-bond donors (Lipinski definition) is 1. The zero-order valence-electron chi connectivity index (χ0n) is 13.9. The first-order valence-electron chi connectivity index (χ1n) is 8.47. The maximum absolute atomic E-state index is 12.5. The zero-order valence-corrected chi connectivity index (χ0v) is 16.3. The van der Waals surface area contributed by atoms with E-state index in [9.17, 15) is 4.79 Å². The summed E-state index contributed by atoms with van der Waals surface area (Å²) in [7, 11) is 0. The summed E-state index contributed by atoms with van der Waals surface area (Å²) in [6.07, 6.45) is 2.24. The first-order chi connectivity index (χ1) is 11.6. The lowest BCUT2D eigenvalue weighted by Crippen LogP contribution is -2.36. The predicted octanol–water partition coefficient (Wildman–Crippen LogP) is 3.60. The number of nitrogens with two attached hydrogens (primary N) is 1. The Kier molecular flexibility index (Phi) is 5.56. The topological polar surface area (TPSA) is 55.6 Å². The van der Waals surface area contributed by atoms with Gasteiger partial charge < -0.3 is 15.4 Å². The fourth-order valence-corrected chi connectivity index (χ4v) is 4.67. The van der Waals surface area contributed by atoms with Gasteiger partial charge in [-0.05, 0) is 57.4 Å². The van der Waals surface area contributed by atoms with E-state index in [1.807, 2.05) is 35.2 Å². The molecule has 3 unspecified atom stereocenters. The quantitative estimate of drug-likeness (QED) is 0.817. The Labute approximate surface area is 162 Å². The molecule has 6 heteroatoms. The molecule has 2 fully saturated rings. The van der Waals surface area contributed by atoms with Crippen molar-refractivity contribution < 1.29 is 9.53 Å². The van der Waals surface area contributed by atoms with Gasteiger partial charge in [0, 0.05) is 19.1 Å². The van der Waals surface area contributed by atoms with Crippen LogP contribution in [0.25, 0.3) is 10.8 Å². The van der Waals surface area contributed by atoms with Gasteiger partial charge in [0.2, 0.25) is 0 Å². The molecular formula is C19H22BrClN2O2. The van der Waals surface area contributed by atoms with Crippen LogP contribution >= 0.6 is 28.3 Å². The molecule has 25 heavy (non-hydrogen) atoms. The van der Waals surface area contributed by atoms with Gasteiger partial charge in [0.25, 0.3) is 5.91 Å². The second-order valence-corrected chi connectivity index (χ2v) is 7.64. The first-order valence-corrected chi connectivity index (χ1v) is 9.26. The third-order valence-corrected chi connectivity index (χ3v) is 6.26. The minimum Gasteiger partial charge on any atom is -0.483 e. The van der Waals surface area contributed by atoms with Crippen molar-refractivity contribution in [3.05, 3.63) is 40.9 Å². The second kappa shape index (κ2) is 7.52. The number of rotatable bonds is 3. The van der Waals surface area contributed by atoms with Crippen LogP contribution in [0.2, 0.25) is 0 Å². The smallest absolute Gasteiger partial charge is 0.260 e. The van der Waals surface area contributed by atoms with E-state index in [0.29, 0.717) is 17.6 Å². The van der Waals surface area contributed by atoms with Crippen molar-refractivity contribution in [3.63, 3.8) is 0 Å². The molecule has 2 aromatic rings. The standard InChI is InChI=1S/C19H21BrN2O2.ClH/c20-19-14-4-2-1-3-12(14)6-8-17(19)24-11-18(23)22-9-13-5-7-16(21)15(13)10-22;/h1-4,6,8,13,15-16H,5,7,9-11,21H2;1H. The van der Waals surface area contributed by atoms with Gasteiger partial charge in [-0.15, -0.1) is 12.4 Å². The molecule has 2 N–H and O–H groups in total. The van der Waals surface area contributed by atoms with Gasteiger partial charge in [0.05, 0.1) is 4.47 Å². The molecule has 0 bridgehead atoms. The van der Waals surface area contributed by atoms with Crippen molar-refractivity contribution in [2.24, 2.45) is 17.6 Å². The maximum Gasteiger partial charge on any atom is 0.260 e. The number of ether oxygens (including phenoxy) is 1. The van der Waals surface area contributed by atoms with Crippen LogP contribution in [0.4, 0.5) is 0 Å². The molecule has 4 rings (SSSR count). The molecule has 1 amide bonds. The number of amides is 1. The number of nitrogens with zero attached hydrogens (tertiary/aromatic N) is 1. The number of carbonyl (C=O) groups is 1. The third kappa shape index (κ3) is 3.50. The number of carbonyl (C=O) groups excluding carboxylic acids is 1. The Morgan fingerprint density at radius 3 is 2.80 bits per heavy atom. The summed E-state index contributed by atoms with van der Waals surface area (Å²) in [6.45, 7) is 1.69. The van der Waals surface area contributed by atoms with Crippen LogP contribution < -0.4 is 10.5 Å². The van der Waals surface area contributed by atoms with Crippen LogP contribution in [0.3, 0.4) is 0 Å². The van der Waals surface area contributed by atoms with Crippen molar-refractivity contribution in [2.45, 2.75) is 18.9 Å². The lowest BCUT2D eigenvalue weighted by Gasteiger charge is -2.19. The van der Waals surface area contributed by atoms with E-state index in [2.05, 4.69) is 22.0 Å². The molecule has 1 heterocycles. The number of hydrogen-bond acceptors (Lipinski definition) is 3. The van der Waals surface area contributed by atoms with Gasteiger partial charge in [-0.1, -0.05) is 30.3 Å². The van der Waals surface area contributed by atoms with Crippen LogP contribution in [0.1, 0.15) is 12.8 Å². The van der Waals surface area contributed by atoms with E-state index >= 15 is 0 Å². The minimum atomic E-state index is 0. The highest BCUT2D eigenvalue weighted by Gasteiger charge is 2.42. The van der Waals surface area contributed by atoms with Crippen LogP contribution in [-0.2, 0) is 4.79 Å². The SMILES string of the molecule is Cl.NC1CCC2CN(C(=O)COc3ccc4ccccc4c3Br)CC12. The highest BCUT2D eigenvalue weighted by molar-refractivity contribution is 9.10. The van der Waals surface area contributed by atoms with Crippen molar-refractivity contribution in [1.29, 1.82) is 0 Å². The molecular weight excluding hydrogens is 404 g/mol. The normalized spacial score (nSPS) is 24.9. The van der Waals surface area contributed by atoms with Gasteiger partial charge in [0.15, 0.2) is 6.61 Å². The molecule has 134 valence electrons. The first kappa shape index (κ1) is 18.5. The number of likely N-dealkylation sites (tertiary alicyclic amines) is 1. The summed E-state index contributed by atoms with van der Waals surface area (Å²) in [5, 5.41) is 2.23. The number of fused-ring (bicyclic) bond motifs is 2. The Morgan fingerprint density at radius 1 is 1.20 bits per heavy atom. The lowest BCUT2D eigenvalue weighted by molar-refractivity contribution is -0.132. The van der Waals surface area contributed by atoms with Gasteiger partial charge >= 0.3 is 0 Å². The summed E-state index contributed by atoms with van der Waals surface area (Å²) in [4.78, 5) is 14.4. The van der Waals surface area contributed by atoms with E-state index in [4.69, 9.17) is 10.5 Å². The summed E-state index contributed by atoms with van der Waals surface area (Å²) in [6, 6.07) is 12.3. The average Bonchev–Trinajstić information content (AvgIpc) is 3.17. The van der Waals surface area contributed by atoms with Gasteiger partial charge in [-0.2, -0.15) is 0 Å². The molecule has 0 spiro atoms. The predicted molar refractivity (Wildman–Crippen MR) is 105 cm³/mol. The molecule has 2 aliphatic rings. The van der Waals surface area contributed by atoms with Crippen molar-refractivity contribution in [2.75, 3.05) is 19.7 Å². The van der Waals surface area contributed by atoms with E-state index in [1.165, 1.54) is 0 Å². The van der Waals surface area contributed by atoms with Crippen molar-refractivity contribution in [3.8, 4) is 5.75 Å². The number of benzene rings is 2. The van der Waals surface area contributed by atoms with E-state index in [1.54, 1.807) is 0 Å². The highest BCUT2D eigenvalue weighted by Crippen LogP contribution is 2.37. The van der Waals surface area contributed by atoms with Crippen molar-refractivity contribution in [1.82, 2.24) is 4.90 Å². The zero-order chi connectivity index (χ0) is 16.7. The largest absolute Gasteiger partial charge is 0.483 e. The number of halogens is 2. The monoisotopic (exact) mass is 424 g/mol. The minimum absolute atomic E-state index is 0. The molecule has 0 aromatic heterocycles. The summed E-state index contributed by atoms with van der Waals surface area (Å²) < 4.78 is 6.70. The van der Waals surface area contributed by atoms with Crippen LogP contribution in [0, 0.1) is 11.8 Å². The molecule has 1 saturated carbocycles. The Bertz CT molecular complexity index is 785. The molecule has 1 saturated heterocycles. The van der Waals surface area contributed by atoms with Crippen LogP contribution in [0.15, 0.2) is 40.9 Å². The fourth-order valence-electron chi connectivity index (χ4n) is 4.07. The summed E-state index contributed by atoms with van der Waals surface area (Å²) in [5.74, 6) is 1.81. The molecule has 4 nitrogen and oxygen atoms in total. The van der Waals surface area contributed by atoms with Crippen LogP contribution in [-0.4, -0.2) is 36.5 Å². The summed E-state index contributed by atoms with van der Waals surface area (Å²) in [5.41, 5.74) is 6.14. The van der Waals surface area contributed by atoms with E-state index in [-0.39, 0.29) is 31.0 Å². The van der Waals surface area contributed by atoms with E-state index < -0.39 is 0 Å². The van der Waals surface area contributed by atoms with Gasteiger partial charge in [0.1, 0.15) is 5.75 Å².